The average Bonchev–Trinajstić information content (AvgIpc) is 3.11. The molecule has 0 radical (unpaired) electrons. The van der Waals surface area contributed by atoms with Crippen molar-refractivity contribution in [1.82, 2.24) is 4.72 Å². The third-order valence-corrected chi connectivity index (χ3v) is 6.65. The first kappa shape index (κ1) is 18.2. The van der Waals surface area contributed by atoms with Crippen LogP contribution in [0.4, 0.5) is 4.39 Å². The van der Waals surface area contributed by atoms with Crippen molar-refractivity contribution in [3.63, 3.8) is 0 Å². The van der Waals surface area contributed by atoms with Crippen LogP contribution in [0.15, 0.2) is 64.9 Å². The largest absolute Gasteiger partial charge is 0.478 e. The molecular formula is C18H14FNO4S2. The van der Waals surface area contributed by atoms with Gasteiger partial charge in [-0.2, -0.15) is 0 Å². The molecule has 0 atom stereocenters. The molecule has 0 aliphatic heterocycles. The van der Waals surface area contributed by atoms with Crippen LogP contribution in [0.25, 0.3) is 10.4 Å². The molecule has 3 aromatic rings. The van der Waals surface area contributed by atoms with Crippen molar-refractivity contribution in [2.75, 3.05) is 0 Å². The van der Waals surface area contributed by atoms with Gasteiger partial charge in [0.1, 0.15) is 10.0 Å². The number of carbonyl (C=O) groups is 1. The molecule has 26 heavy (non-hydrogen) atoms. The molecule has 0 aliphatic carbocycles. The van der Waals surface area contributed by atoms with Crippen molar-refractivity contribution >= 4 is 27.3 Å². The highest BCUT2D eigenvalue weighted by atomic mass is 32.2. The van der Waals surface area contributed by atoms with Gasteiger partial charge in [0.05, 0.1) is 5.56 Å². The Hall–Kier alpha value is -2.55. The van der Waals surface area contributed by atoms with Gasteiger partial charge in [-0.25, -0.2) is 22.3 Å². The van der Waals surface area contributed by atoms with E-state index in [1.165, 1.54) is 30.3 Å². The monoisotopic (exact) mass is 391 g/mol. The molecule has 0 bridgehead atoms. The van der Waals surface area contributed by atoms with E-state index in [0.29, 0.717) is 16.0 Å². The number of hydrogen-bond acceptors (Lipinski definition) is 4. The predicted octanol–water partition coefficient (Wildman–Crippen LogP) is 3.73. The number of carboxylic acid groups (broad SMARTS) is 1. The Morgan fingerprint density at radius 1 is 1.08 bits per heavy atom. The first-order valence-corrected chi connectivity index (χ1v) is 9.83. The highest BCUT2D eigenvalue weighted by Crippen LogP contribution is 2.31. The summed E-state index contributed by atoms with van der Waals surface area (Å²) >= 11 is 1.05. The molecule has 0 unspecified atom stereocenters. The van der Waals surface area contributed by atoms with Gasteiger partial charge in [-0.3, -0.25) is 0 Å². The van der Waals surface area contributed by atoms with Crippen molar-refractivity contribution in [2.45, 2.75) is 10.8 Å². The number of aromatic carboxylic acids is 1. The standard InChI is InChI=1S/C18H14FNO4S2/c19-15-3-1-2-14(10-15)16-8-9-17(25-16)26(23,24)20-11-12-4-6-13(7-5-12)18(21)22/h1-10,20H,11H2,(H,21,22). The minimum Gasteiger partial charge on any atom is -0.478 e. The summed E-state index contributed by atoms with van der Waals surface area (Å²) in [6.45, 7) is 0.0371. The highest BCUT2D eigenvalue weighted by molar-refractivity contribution is 7.91. The van der Waals surface area contributed by atoms with Crippen LogP contribution >= 0.6 is 11.3 Å². The van der Waals surface area contributed by atoms with Gasteiger partial charge >= 0.3 is 5.97 Å². The maximum atomic E-state index is 13.3. The molecular weight excluding hydrogens is 377 g/mol. The fraction of sp³-hybridized carbons (Fsp3) is 0.0556. The van der Waals surface area contributed by atoms with E-state index in [1.54, 1.807) is 30.3 Å². The molecule has 0 fully saturated rings. The molecule has 2 N–H and O–H groups in total. The fourth-order valence-electron chi connectivity index (χ4n) is 2.28. The van der Waals surface area contributed by atoms with Gasteiger partial charge in [-0.15, -0.1) is 11.3 Å². The van der Waals surface area contributed by atoms with E-state index in [9.17, 15) is 17.6 Å². The SMILES string of the molecule is O=C(O)c1ccc(CNS(=O)(=O)c2ccc(-c3cccc(F)c3)s2)cc1. The summed E-state index contributed by atoms with van der Waals surface area (Å²) < 4.78 is 40.8. The number of halogens is 1. The van der Waals surface area contributed by atoms with Gasteiger partial charge in [-0.05, 0) is 47.5 Å². The zero-order valence-corrected chi connectivity index (χ0v) is 15.0. The molecule has 0 amide bonds. The molecule has 0 saturated heterocycles. The zero-order valence-electron chi connectivity index (χ0n) is 13.3. The lowest BCUT2D eigenvalue weighted by atomic mass is 10.1. The van der Waals surface area contributed by atoms with Crippen molar-refractivity contribution in [1.29, 1.82) is 0 Å². The summed E-state index contributed by atoms with van der Waals surface area (Å²) in [4.78, 5) is 11.5. The number of nitrogens with one attached hydrogen (secondary N) is 1. The van der Waals surface area contributed by atoms with Gasteiger partial charge in [0, 0.05) is 11.4 Å². The maximum absolute atomic E-state index is 13.3. The molecule has 3 rings (SSSR count). The minimum absolute atomic E-state index is 0.0371. The van der Waals surface area contributed by atoms with Gasteiger partial charge in [0.25, 0.3) is 0 Å². The summed E-state index contributed by atoms with van der Waals surface area (Å²) in [5.41, 5.74) is 1.38. The van der Waals surface area contributed by atoms with E-state index >= 15 is 0 Å². The van der Waals surface area contributed by atoms with Crippen molar-refractivity contribution < 1.29 is 22.7 Å². The van der Waals surface area contributed by atoms with E-state index in [1.807, 2.05) is 0 Å². The van der Waals surface area contributed by atoms with Crippen LogP contribution in [-0.4, -0.2) is 19.5 Å². The summed E-state index contributed by atoms with van der Waals surface area (Å²) in [5, 5.41) is 8.86. The lowest BCUT2D eigenvalue weighted by molar-refractivity contribution is 0.0697. The fourth-order valence-corrected chi connectivity index (χ4v) is 4.64. The Morgan fingerprint density at radius 3 is 2.46 bits per heavy atom. The first-order valence-electron chi connectivity index (χ1n) is 7.53. The normalized spacial score (nSPS) is 11.4. The molecule has 0 spiro atoms. The van der Waals surface area contributed by atoms with E-state index in [-0.39, 0.29) is 22.1 Å². The Labute approximate surface area is 153 Å². The summed E-state index contributed by atoms with van der Waals surface area (Å²) in [7, 11) is -3.72. The lowest BCUT2D eigenvalue weighted by Crippen LogP contribution is -2.22. The third kappa shape index (κ3) is 4.16. The summed E-state index contributed by atoms with van der Waals surface area (Å²) in [6.07, 6.45) is 0. The quantitative estimate of drug-likeness (QED) is 0.671. The smallest absolute Gasteiger partial charge is 0.335 e. The van der Waals surface area contributed by atoms with Crippen LogP contribution in [0.5, 0.6) is 0 Å². The maximum Gasteiger partial charge on any atom is 0.335 e. The third-order valence-electron chi connectivity index (χ3n) is 3.62. The molecule has 8 heteroatoms. The molecule has 1 heterocycles. The molecule has 0 aliphatic rings. The number of thiophene rings is 1. The Balaban J connectivity index is 1.73. The topological polar surface area (TPSA) is 83.5 Å². The van der Waals surface area contributed by atoms with Crippen molar-refractivity contribution in [3.8, 4) is 10.4 Å². The molecule has 0 saturated carbocycles. The average molecular weight is 391 g/mol. The number of carboxylic acids is 1. The predicted molar refractivity (Wildman–Crippen MR) is 97.1 cm³/mol. The van der Waals surface area contributed by atoms with E-state index in [0.717, 1.165) is 11.3 Å². The Kier molecular flexibility index (Phi) is 5.17. The van der Waals surface area contributed by atoms with Crippen molar-refractivity contribution in [3.05, 3.63) is 77.6 Å². The number of hydrogen-bond donors (Lipinski definition) is 2. The van der Waals surface area contributed by atoms with Gasteiger partial charge in [0.2, 0.25) is 10.0 Å². The second-order valence-corrected chi connectivity index (χ2v) is 8.53. The minimum atomic E-state index is -3.72. The molecule has 2 aromatic carbocycles. The van der Waals surface area contributed by atoms with Crippen LogP contribution in [0.3, 0.4) is 0 Å². The number of rotatable bonds is 6. The van der Waals surface area contributed by atoms with Crippen molar-refractivity contribution in [2.24, 2.45) is 0 Å². The van der Waals surface area contributed by atoms with Gasteiger partial charge in [0.15, 0.2) is 0 Å². The highest BCUT2D eigenvalue weighted by Gasteiger charge is 2.17. The van der Waals surface area contributed by atoms with Gasteiger partial charge < -0.3 is 5.11 Å². The van der Waals surface area contributed by atoms with E-state index in [2.05, 4.69) is 4.72 Å². The van der Waals surface area contributed by atoms with Crippen LogP contribution in [-0.2, 0) is 16.6 Å². The first-order chi connectivity index (χ1) is 12.3. The van der Waals surface area contributed by atoms with E-state index in [4.69, 9.17) is 5.11 Å². The van der Waals surface area contributed by atoms with Gasteiger partial charge in [-0.1, -0.05) is 24.3 Å². The summed E-state index contributed by atoms with van der Waals surface area (Å²) in [5.74, 6) is -1.43. The molecule has 1 aromatic heterocycles. The van der Waals surface area contributed by atoms with E-state index < -0.39 is 16.0 Å². The summed E-state index contributed by atoms with van der Waals surface area (Å²) in [6, 6.07) is 15.0. The second kappa shape index (κ2) is 7.36. The Morgan fingerprint density at radius 2 is 1.81 bits per heavy atom. The lowest BCUT2D eigenvalue weighted by Gasteiger charge is -2.05. The van der Waals surface area contributed by atoms with Crippen LogP contribution < -0.4 is 4.72 Å². The van der Waals surface area contributed by atoms with Crippen LogP contribution in [0, 0.1) is 5.82 Å². The molecule has 134 valence electrons. The number of sulfonamides is 1. The Bertz CT molecular complexity index is 1040. The second-order valence-electron chi connectivity index (χ2n) is 5.46. The number of benzene rings is 2. The molecule has 5 nitrogen and oxygen atoms in total. The van der Waals surface area contributed by atoms with Crippen LogP contribution in [0.1, 0.15) is 15.9 Å². The van der Waals surface area contributed by atoms with Crippen LogP contribution in [0.2, 0.25) is 0 Å². The zero-order chi connectivity index (χ0) is 18.7.